The highest BCUT2D eigenvalue weighted by Crippen LogP contribution is 2.31. The summed E-state index contributed by atoms with van der Waals surface area (Å²) >= 11 is 0. The fourth-order valence-corrected chi connectivity index (χ4v) is 5.15. The van der Waals surface area contributed by atoms with Gasteiger partial charge in [0, 0.05) is 36.8 Å². The van der Waals surface area contributed by atoms with Gasteiger partial charge in [0.1, 0.15) is 5.82 Å². The van der Waals surface area contributed by atoms with E-state index in [4.69, 9.17) is 4.42 Å². The van der Waals surface area contributed by atoms with Gasteiger partial charge in [-0.3, -0.25) is 19.1 Å². The van der Waals surface area contributed by atoms with Crippen LogP contribution in [0.15, 0.2) is 64.2 Å². The first-order valence-electron chi connectivity index (χ1n) is 12.5. The Bertz CT molecular complexity index is 1680. The van der Waals surface area contributed by atoms with E-state index in [0.29, 0.717) is 40.0 Å². The van der Waals surface area contributed by atoms with Crippen LogP contribution in [0.1, 0.15) is 36.9 Å². The highest BCUT2D eigenvalue weighted by Gasteiger charge is 2.26. The summed E-state index contributed by atoms with van der Waals surface area (Å²) in [6.45, 7) is 1.75. The van der Waals surface area contributed by atoms with Gasteiger partial charge in [-0.15, -0.1) is 10.2 Å². The van der Waals surface area contributed by atoms with Crippen molar-refractivity contribution >= 4 is 11.0 Å². The Balaban J connectivity index is 1.42. The SMILES string of the molecule is CN1CCCC(n2c(=O)n(Cc3ccc(-c4nnc(C(F)F)o4)cn3)c3cc(F)c(-c4ccncc4)cc32)C1. The number of benzene rings is 1. The van der Waals surface area contributed by atoms with Gasteiger partial charge in [-0.2, -0.15) is 8.78 Å². The third kappa shape index (κ3) is 4.71. The molecule has 1 aliphatic rings. The molecule has 6 rings (SSSR count). The zero-order valence-corrected chi connectivity index (χ0v) is 21.0. The third-order valence-electron chi connectivity index (χ3n) is 7.03. The number of nitrogens with zero attached hydrogens (tertiary/aromatic N) is 7. The summed E-state index contributed by atoms with van der Waals surface area (Å²) in [5.74, 6) is -1.30. The summed E-state index contributed by atoms with van der Waals surface area (Å²) in [6, 6.07) is 9.79. The number of rotatable bonds is 6. The maximum atomic E-state index is 15.4. The molecule has 1 atom stereocenters. The van der Waals surface area contributed by atoms with E-state index in [9.17, 15) is 13.6 Å². The first-order chi connectivity index (χ1) is 18.9. The van der Waals surface area contributed by atoms with Crippen molar-refractivity contribution in [2.24, 2.45) is 0 Å². The second-order valence-electron chi connectivity index (χ2n) is 9.64. The third-order valence-corrected chi connectivity index (χ3v) is 7.03. The van der Waals surface area contributed by atoms with Crippen molar-refractivity contribution in [3.05, 3.63) is 82.9 Å². The van der Waals surface area contributed by atoms with E-state index < -0.39 is 18.1 Å². The molecule has 4 aromatic heterocycles. The summed E-state index contributed by atoms with van der Waals surface area (Å²) in [5, 5.41) is 6.97. The highest BCUT2D eigenvalue weighted by atomic mass is 19.3. The summed E-state index contributed by atoms with van der Waals surface area (Å²) in [5.41, 5.74) is 2.82. The summed E-state index contributed by atoms with van der Waals surface area (Å²) in [4.78, 5) is 24.4. The maximum absolute atomic E-state index is 15.4. The molecule has 0 N–H and O–H groups in total. The van der Waals surface area contributed by atoms with Crippen molar-refractivity contribution in [3.8, 4) is 22.6 Å². The molecule has 12 heteroatoms. The van der Waals surface area contributed by atoms with E-state index in [1.54, 1.807) is 47.3 Å². The van der Waals surface area contributed by atoms with Crippen LogP contribution in [-0.4, -0.2) is 54.3 Å². The topological polar surface area (TPSA) is 94.9 Å². The van der Waals surface area contributed by atoms with Crippen molar-refractivity contribution < 1.29 is 17.6 Å². The number of halogens is 3. The molecule has 0 amide bonds. The molecule has 1 saturated heterocycles. The molecule has 0 aliphatic carbocycles. The summed E-state index contributed by atoms with van der Waals surface area (Å²) in [7, 11) is 2.03. The van der Waals surface area contributed by atoms with Crippen molar-refractivity contribution in [3.63, 3.8) is 0 Å². The molecule has 5 aromatic rings. The van der Waals surface area contributed by atoms with Gasteiger partial charge in [0.05, 0.1) is 34.9 Å². The molecule has 1 fully saturated rings. The van der Waals surface area contributed by atoms with Crippen LogP contribution >= 0.6 is 0 Å². The number of aromatic nitrogens is 6. The standard InChI is InChI=1S/C27H24F3N7O2/c1-35-10-2-3-19(15-35)37-23-11-20(16-6-8-31-9-7-16)21(28)12-22(23)36(27(37)38)14-18-5-4-17(13-32-18)25-33-34-26(39-25)24(29)30/h4-9,11-13,19,24H,2-3,10,14-15H2,1H3. The average Bonchev–Trinajstić information content (AvgIpc) is 3.53. The predicted octanol–water partition coefficient (Wildman–Crippen LogP) is 4.70. The Morgan fingerprint density at radius 1 is 1.08 bits per heavy atom. The van der Waals surface area contributed by atoms with Crippen LogP contribution in [-0.2, 0) is 6.54 Å². The van der Waals surface area contributed by atoms with Crippen LogP contribution in [0.3, 0.4) is 0 Å². The molecular formula is C27H24F3N7O2. The number of fused-ring (bicyclic) bond motifs is 1. The molecule has 1 aliphatic heterocycles. The molecule has 0 saturated carbocycles. The number of imidazole rings is 1. The van der Waals surface area contributed by atoms with Gasteiger partial charge in [0.2, 0.25) is 5.89 Å². The predicted molar refractivity (Wildman–Crippen MR) is 137 cm³/mol. The van der Waals surface area contributed by atoms with Crippen LogP contribution in [0.4, 0.5) is 13.2 Å². The van der Waals surface area contributed by atoms with Crippen LogP contribution in [0.5, 0.6) is 0 Å². The van der Waals surface area contributed by atoms with Crippen molar-refractivity contribution in [2.45, 2.75) is 31.9 Å². The minimum Gasteiger partial charge on any atom is -0.415 e. The van der Waals surface area contributed by atoms with Crippen LogP contribution in [0.25, 0.3) is 33.6 Å². The molecule has 200 valence electrons. The molecule has 0 radical (unpaired) electrons. The second-order valence-corrected chi connectivity index (χ2v) is 9.64. The molecular weight excluding hydrogens is 511 g/mol. The Labute approximate surface area is 220 Å². The normalized spacial score (nSPS) is 16.4. The molecule has 0 spiro atoms. The first kappa shape index (κ1) is 25.0. The second kappa shape index (κ2) is 10.1. The minimum atomic E-state index is -2.87. The van der Waals surface area contributed by atoms with E-state index in [1.165, 1.54) is 16.8 Å². The lowest BCUT2D eigenvalue weighted by molar-refractivity contribution is 0.116. The van der Waals surface area contributed by atoms with Gasteiger partial charge in [-0.05, 0) is 62.3 Å². The molecule has 39 heavy (non-hydrogen) atoms. The van der Waals surface area contributed by atoms with E-state index in [1.807, 2.05) is 7.05 Å². The molecule has 1 unspecified atom stereocenters. The Morgan fingerprint density at radius 3 is 2.59 bits per heavy atom. The Hall–Kier alpha value is -4.32. The average molecular weight is 536 g/mol. The highest BCUT2D eigenvalue weighted by molar-refractivity contribution is 5.83. The van der Waals surface area contributed by atoms with Gasteiger partial charge < -0.3 is 9.32 Å². The fraction of sp³-hybridized carbons (Fsp3) is 0.296. The lowest BCUT2D eigenvalue weighted by Crippen LogP contribution is -2.38. The van der Waals surface area contributed by atoms with Gasteiger partial charge in [0.25, 0.3) is 5.89 Å². The largest absolute Gasteiger partial charge is 0.415 e. The van der Waals surface area contributed by atoms with E-state index in [0.717, 1.165) is 19.4 Å². The van der Waals surface area contributed by atoms with Crippen LogP contribution < -0.4 is 5.69 Å². The van der Waals surface area contributed by atoms with E-state index in [-0.39, 0.29) is 24.2 Å². The number of pyridine rings is 2. The van der Waals surface area contributed by atoms with Gasteiger partial charge >= 0.3 is 12.1 Å². The maximum Gasteiger partial charge on any atom is 0.329 e. The fourth-order valence-electron chi connectivity index (χ4n) is 5.15. The minimum absolute atomic E-state index is 0.0624. The number of hydrogen-bond donors (Lipinski definition) is 0. The van der Waals surface area contributed by atoms with Gasteiger partial charge in [0.15, 0.2) is 0 Å². The number of alkyl halides is 2. The van der Waals surface area contributed by atoms with Crippen molar-refractivity contribution in [1.82, 2.24) is 34.2 Å². The van der Waals surface area contributed by atoms with Crippen LogP contribution in [0.2, 0.25) is 0 Å². The monoisotopic (exact) mass is 535 g/mol. The number of likely N-dealkylation sites (tertiary alicyclic amines) is 1. The Morgan fingerprint density at radius 2 is 1.90 bits per heavy atom. The lowest BCUT2D eigenvalue weighted by Gasteiger charge is -2.30. The zero-order chi connectivity index (χ0) is 27.1. The quantitative estimate of drug-likeness (QED) is 0.311. The smallest absolute Gasteiger partial charge is 0.329 e. The molecule has 1 aromatic carbocycles. The van der Waals surface area contributed by atoms with Gasteiger partial charge in [-0.1, -0.05) is 0 Å². The lowest BCUT2D eigenvalue weighted by atomic mass is 10.0. The summed E-state index contributed by atoms with van der Waals surface area (Å²) < 4.78 is 49.3. The first-order valence-corrected chi connectivity index (χ1v) is 12.5. The van der Waals surface area contributed by atoms with Crippen LogP contribution in [0, 0.1) is 5.82 Å². The molecule has 9 nitrogen and oxygen atoms in total. The van der Waals surface area contributed by atoms with Crippen molar-refractivity contribution in [1.29, 1.82) is 0 Å². The number of hydrogen-bond acceptors (Lipinski definition) is 7. The number of piperidine rings is 1. The zero-order valence-electron chi connectivity index (χ0n) is 21.0. The van der Waals surface area contributed by atoms with Crippen molar-refractivity contribution in [2.75, 3.05) is 20.1 Å². The summed E-state index contributed by atoms with van der Waals surface area (Å²) in [6.07, 6.45) is 3.54. The number of likely N-dealkylation sites (N-methyl/N-ethyl adjacent to an activating group) is 1. The van der Waals surface area contributed by atoms with E-state index in [2.05, 4.69) is 25.1 Å². The van der Waals surface area contributed by atoms with E-state index >= 15 is 4.39 Å². The molecule has 0 bridgehead atoms. The van der Waals surface area contributed by atoms with Gasteiger partial charge in [-0.25, -0.2) is 9.18 Å². The molecule has 5 heterocycles. The Kier molecular flexibility index (Phi) is 6.47.